The molecule has 6 nitrogen and oxygen atoms in total. The van der Waals surface area contributed by atoms with Crippen molar-refractivity contribution in [1.29, 1.82) is 0 Å². The summed E-state index contributed by atoms with van der Waals surface area (Å²) in [4.78, 5) is 4.45. The molecule has 0 bridgehead atoms. The van der Waals surface area contributed by atoms with E-state index >= 15 is 0 Å². The Balaban J connectivity index is 1.70. The van der Waals surface area contributed by atoms with E-state index in [1.807, 2.05) is 24.5 Å². The summed E-state index contributed by atoms with van der Waals surface area (Å²) >= 11 is 0. The highest BCUT2D eigenvalue weighted by Gasteiger charge is 2.28. The fraction of sp³-hybridized carbons (Fsp3) is 0.231. The third kappa shape index (κ3) is 1.81. The van der Waals surface area contributed by atoms with E-state index in [9.17, 15) is 0 Å². The number of rotatable bonds is 3. The Kier molecular flexibility index (Phi) is 2.20. The molecule has 3 aromatic rings. The summed E-state index contributed by atoms with van der Waals surface area (Å²) in [6.07, 6.45) is 7.96. The molecule has 0 amide bonds. The summed E-state index contributed by atoms with van der Waals surface area (Å²) < 4.78 is 3.79. The van der Waals surface area contributed by atoms with Gasteiger partial charge in [-0.25, -0.2) is 9.67 Å². The zero-order valence-electron chi connectivity index (χ0n) is 10.2. The molecule has 0 saturated heterocycles. The first-order valence-corrected chi connectivity index (χ1v) is 6.29. The van der Waals surface area contributed by atoms with Crippen molar-refractivity contribution in [3.8, 4) is 11.4 Å². The summed E-state index contributed by atoms with van der Waals surface area (Å²) in [6.45, 7) is 0. The largest absolute Gasteiger partial charge is 0.304 e. The summed E-state index contributed by atoms with van der Waals surface area (Å²) in [5.74, 6) is 1.80. The summed E-state index contributed by atoms with van der Waals surface area (Å²) in [6, 6.07) is 8.12. The molecule has 6 heteroatoms. The molecule has 1 saturated carbocycles. The maximum absolute atomic E-state index is 4.45. The molecule has 1 aliphatic carbocycles. The molecule has 1 aliphatic rings. The lowest BCUT2D eigenvalue weighted by Gasteiger charge is -2.07. The van der Waals surface area contributed by atoms with Gasteiger partial charge in [0.05, 0.1) is 5.69 Å². The molecule has 4 rings (SSSR count). The number of imidazole rings is 1. The van der Waals surface area contributed by atoms with Crippen molar-refractivity contribution in [2.45, 2.75) is 18.8 Å². The number of hydrogen-bond donors (Lipinski definition) is 0. The highest BCUT2D eigenvalue weighted by molar-refractivity contribution is 5.42. The van der Waals surface area contributed by atoms with E-state index in [4.69, 9.17) is 0 Å². The summed E-state index contributed by atoms with van der Waals surface area (Å²) in [7, 11) is 0. The van der Waals surface area contributed by atoms with Crippen LogP contribution in [0.4, 0.5) is 0 Å². The van der Waals surface area contributed by atoms with E-state index in [1.165, 1.54) is 12.8 Å². The van der Waals surface area contributed by atoms with Crippen LogP contribution in [0, 0.1) is 0 Å². The van der Waals surface area contributed by atoms with Gasteiger partial charge in [0, 0.05) is 24.0 Å². The normalized spacial score (nSPS) is 14.7. The Hall–Kier alpha value is -2.50. The molecular formula is C13H12N6. The van der Waals surface area contributed by atoms with Crippen LogP contribution in [0.2, 0.25) is 0 Å². The lowest BCUT2D eigenvalue weighted by atomic mass is 10.2. The standard InChI is InChI=1S/C13H12N6/c1-2-10(1)13-14-7-8-18(13)11-3-5-12(6-4-11)19-9-15-16-17-19/h3-10H,1-2H2. The van der Waals surface area contributed by atoms with Gasteiger partial charge in [-0.15, -0.1) is 5.10 Å². The second kappa shape index (κ2) is 4.01. The van der Waals surface area contributed by atoms with Crippen LogP contribution in [0.5, 0.6) is 0 Å². The Morgan fingerprint density at radius 3 is 2.53 bits per heavy atom. The first-order chi connectivity index (χ1) is 9.42. The van der Waals surface area contributed by atoms with Crippen molar-refractivity contribution in [3.63, 3.8) is 0 Å². The van der Waals surface area contributed by atoms with Crippen molar-refractivity contribution in [1.82, 2.24) is 29.8 Å². The monoisotopic (exact) mass is 252 g/mol. The Morgan fingerprint density at radius 2 is 1.84 bits per heavy atom. The summed E-state index contributed by atoms with van der Waals surface area (Å²) in [5.41, 5.74) is 2.07. The van der Waals surface area contributed by atoms with Gasteiger partial charge in [0.1, 0.15) is 12.2 Å². The van der Waals surface area contributed by atoms with Crippen LogP contribution in [0.15, 0.2) is 43.0 Å². The number of nitrogens with zero attached hydrogens (tertiary/aromatic N) is 6. The van der Waals surface area contributed by atoms with E-state index in [-0.39, 0.29) is 0 Å². The van der Waals surface area contributed by atoms with Gasteiger partial charge in [-0.2, -0.15) is 0 Å². The zero-order chi connectivity index (χ0) is 12.7. The van der Waals surface area contributed by atoms with Crippen molar-refractivity contribution in [2.75, 3.05) is 0 Å². The Morgan fingerprint density at radius 1 is 1.05 bits per heavy atom. The average Bonchev–Trinajstić information content (AvgIpc) is 2.96. The van der Waals surface area contributed by atoms with Crippen molar-refractivity contribution < 1.29 is 0 Å². The van der Waals surface area contributed by atoms with E-state index in [2.05, 4.69) is 37.2 Å². The quantitative estimate of drug-likeness (QED) is 0.712. The Labute approximate surface area is 109 Å². The third-order valence-electron chi connectivity index (χ3n) is 3.35. The van der Waals surface area contributed by atoms with Crippen LogP contribution in [0.25, 0.3) is 11.4 Å². The smallest absolute Gasteiger partial charge is 0.143 e. The van der Waals surface area contributed by atoms with Crippen LogP contribution < -0.4 is 0 Å². The maximum Gasteiger partial charge on any atom is 0.143 e. The molecule has 0 unspecified atom stereocenters. The van der Waals surface area contributed by atoms with Crippen LogP contribution in [0.1, 0.15) is 24.6 Å². The van der Waals surface area contributed by atoms with Crippen molar-refractivity contribution in [3.05, 3.63) is 48.8 Å². The van der Waals surface area contributed by atoms with Gasteiger partial charge in [0.15, 0.2) is 0 Å². The first-order valence-electron chi connectivity index (χ1n) is 6.29. The molecule has 0 aliphatic heterocycles. The van der Waals surface area contributed by atoms with Gasteiger partial charge in [-0.05, 0) is 47.5 Å². The molecular weight excluding hydrogens is 240 g/mol. The van der Waals surface area contributed by atoms with E-state index in [0.717, 1.165) is 17.2 Å². The molecule has 94 valence electrons. The van der Waals surface area contributed by atoms with Crippen LogP contribution >= 0.6 is 0 Å². The van der Waals surface area contributed by atoms with Gasteiger partial charge in [-0.3, -0.25) is 0 Å². The van der Waals surface area contributed by atoms with Crippen molar-refractivity contribution >= 4 is 0 Å². The zero-order valence-corrected chi connectivity index (χ0v) is 10.2. The molecule has 2 heterocycles. The van der Waals surface area contributed by atoms with E-state index < -0.39 is 0 Å². The third-order valence-corrected chi connectivity index (χ3v) is 3.35. The second-order valence-electron chi connectivity index (χ2n) is 4.70. The number of benzene rings is 1. The average molecular weight is 252 g/mol. The fourth-order valence-corrected chi connectivity index (χ4v) is 2.22. The lowest BCUT2D eigenvalue weighted by Crippen LogP contribution is -2.00. The summed E-state index contributed by atoms with van der Waals surface area (Å²) in [5, 5.41) is 11.1. The molecule has 1 fully saturated rings. The van der Waals surface area contributed by atoms with E-state index in [1.54, 1.807) is 11.0 Å². The molecule has 0 N–H and O–H groups in total. The number of tetrazole rings is 1. The topological polar surface area (TPSA) is 61.4 Å². The van der Waals surface area contributed by atoms with Gasteiger partial charge in [-0.1, -0.05) is 0 Å². The highest BCUT2D eigenvalue weighted by Crippen LogP contribution is 2.39. The van der Waals surface area contributed by atoms with Gasteiger partial charge in [0.25, 0.3) is 0 Å². The first kappa shape index (κ1) is 10.4. The molecule has 2 aromatic heterocycles. The minimum Gasteiger partial charge on any atom is -0.304 e. The van der Waals surface area contributed by atoms with E-state index in [0.29, 0.717) is 5.92 Å². The van der Waals surface area contributed by atoms with Gasteiger partial charge >= 0.3 is 0 Å². The predicted molar refractivity (Wildman–Crippen MR) is 68.3 cm³/mol. The Bertz CT molecular complexity index is 678. The maximum atomic E-state index is 4.45. The minimum atomic E-state index is 0.634. The fourth-order valence-electron chi connectivity index (χ4n) is 2.22. The molecule has 0 radical (unpaired) electrons. The number of hydrogen-bond acceptors (Lipinski definition) is 4. The molecule has 19 heavy (non-hydrogen) atoms. The van der Waals surface area contributed by atoms with Gasteiger partial charge < -0.3 is 4.57 Å². The van der Waals surface area contributed by atoms with Crippen LogP contribution in [0.3, 0.4) is 0 Å². The second-order valence-corrected chi connectivity index (χ2v) is 4.70. The molecule has 0 atom stereocenters. The van der Waals surface area contributed by atoms with Crippen LogP contribution in [-0.2, 0) is 0 Å². The predicted octanol–water partition coefficient (Wildman–Crippen LogP) is 1.73. The lowest BCUT2D eigenvalue weighted by molar-refractivity contribution is 0.788. The highest BCUT2D eigenvalue weighted by atomic mass is 15.5. The van der Waals surface area contributed by atoms with Gasteiger partial charge in [0.2, 0.25) is 0 Å². The number of aromatic nitrogens is 6. The van der Waals surface area contributed by atoms with Crippen LogP contribution in [-0.4, -0.2) is 29.8 Å². The van der Waals surface area contributed by atoms with Crippen molar-refractivity contribution in [2.24, 2.45) is 0 Å². The SMILES string of the molecule is c1cn(-c2ccc(-n3cnnn3)cc2)c(C2CC2)n1. The minimum absolute atomic E-state index is 0.634. The molecule has 1 aromatic carbocycles. The molecule has 0 spiro atoms.